The van der Waals surface area contributed by atoms with Gasteiger partial charge in [0.05, 0.1) is 19.2 Å². The van der Waals surface area contributed by atoms with Crippen LogP contribution < -0.4 is 0 Å². The number of sulfone groups is 1. The van der Waals surface area contributed by atoms with Gasteiger partial charge in [0.15, 0.2) is 15.9 Å². The van der Waals surface area contributed by atoms with E-state index in [2.05, 4.69) is 34.2 Å². The van der Waals surface area contributed by atoms with Crippen molar-refractivity contribution in [3.8, 4) is 0 Å². The third kappa shape index (κ3) is 3.80. The Balaban J connectivity index is 0.000000300. The maximum atomic E-state index is 12.5. The lowest BCUT2D eigenvalue weighted by Crippen LogP contribution is -2.58. The van der Waals surface area contributed by atoms with Crippen molar-refractivity contribution in [2.45, 2.75) is 56.3 Å². The quantitative estimate of drug-likeness (QED) is 0.311. The number of β-lactam (4-membered cyclic amide) rings is 1. The summed E-state index contributed by atoms with van der Waals surface area (Å²) in [7, 11) is -3.80. The van der Waals surface area contributed by atoms with Crippen LogP contribution >= 0.6 is 0 Å². The molecule has 3 heterocycles. The maximum Gasteiger partial charge on any atom is 0.328 e. The van der Waals surface area contributed by atoms with E-state index in [0.717, 1.165) is 11.3 Å². The summed E-state index contributed by atoms with van der Waals surface area (Å²) in [5.41, 5.74) is 7.84. The summed E-state index contributed by atoms with van der Waals surface area (Å²) in [5.74, 6) is -1.14. The molecule has 1 amide bonds. The van der Waals surface area contributed by atoms with E-state index in [4.69, 9.17) is 5.53 Å². The molecule has 1 aromatic heterocycles. The number of aromatic nitrogens is 3. The lowest BCUT2D eigenvalue weighted by molar-refractivity contribution is -0.157. The van der Waals surface area contributed by atoms with E-state index in [0.29, 0.717) is 12.5 Å². The Labute approximate surface area is 162 Å². The predicted octanol–water partition coefficient (Wildman–Crippen LogP) is 0.820. The number of aliphatic carboxylic acids is 1. The Kier molecular flexibility index (Phi) is 6.30. The highest BCUT2D eigenvalue weighted by atomic mass is 32.2. The van der Waals surface area contributed by atoms with Gasteiger partial charge in [-0.2, -0.15) is 0 Å². The monoisotopic (exact) mass is 413 g/mol. The molecule has 0 spiro atoms. The first kappa shape index (κ1) is 21.6. The highest BCUT2D eigenvalue weighted by Crippen LogP contribution is 2.46. The van der Waals surface area contributed by atoms with Crippen molar-refractivity contribution in [3.05, 3.63) is 22.8 Å². The number of hydrogen-bond donors (Lipinski definition) is 1. The first-order valence-corrected chi connectivity index (χ1v) is 10.2. The molecule has 28 heavy (non-hydrogen) atoms. The van der Waals surface area contributed by atoms with Crippen molar-refractivity contribution in [1.82, 2.24) is 19.9 Å². The van der Waals surface area contributed by atoms with Gasteiger partial charge in [0.1, 0.15) is 10.1 Å². The molecule has 1 N–H and O–H groups in total. The molecule has 2 aliphatic heterocycles. The minimum Gasteiger partial charge on any atom is -0.480 e. The van der Waals surface area contributed by atoms with Crippen LogP contribution in [0.5, 0.6) is 0 Å². The molecule has 0 bridgehead atoms. The van der Waals surface area contributed by atoms with Crippen LogP contribution in [0.4, 0.5) is 0 Å². The van der Waals surface area contributed by atoms with Crippen LogP contribution in [0.15, 0.2) is 17.5 Å². The van der Waals surface area contributed by atoms with Gasteiger partial charge in [-0.1, -0.05) is 24.2 Å². The second-order valence-electron chi connectivity index (χ2n) is 7.30. The molecule has 0 unspecified atom stereocenters. The van der Waals surface area contributed by atoms with Crippen molar-refractivity contribution in [1.29, 1.82) is 0 Å². The molecule has 13 heteroatoms. The number of carbonyl (C=O) groups excluding carboxylic acids is 1. The van der Waals surface area contributed by atoms with Gasteiger partial charge in [-0.3, -0.25) is 9.48 Å². The Morgan fingerprint density at radius 2 is 2.21 bits per heavy atom. The standard InChI is InChI=1S/C10H12N4O5S.C5H11N3/c1-10(5-13-3-2-11-12-13)8(9(16)17)14-6(15)4-7(14)20(10,18)19;1-5(2)3-4-7-8-6/h2-3,7-8H,4-5H2,1H3,(H,16,17);5H,3-4H2,1-2H3/t7-,8+,10+;/m1./s1. The fourth-order valence-electron chi connectivity index (χ4n) is 3.29. The average Bonchev–Trinajstić information content (AvgIpc) is 3.13. The molecule has 2 fully saturated rings. The largest absolute Gasteiger partial charge is 0.480 e. The number of hydrogen-bond acceptors (Lipinski definition) is 7. The number of nitrogens with zero attached hydrogens (tertiary/aromatic N) is 7. The van der Waals surface area contributed by atoms with Crippen LogP contribution in [0.3, 0.4) is 0 Å². The summed E-state index contributed by atoms with van der Waals surface area (Å²) in [5, 5.41) is 19.0. The summed E-state index contributed by atoms with van der Waals surface area (Å²) in [6.07, 6.45) is 3.67. The maximum absolute atomic E-state index is 12.5. The fourth-order valence-corrected chi connectivity index (χ4v) is 5.65. The molecule has 1 aromatic rings. The average molecular weight is 413 g/mol. The van der Waals surface area contributed by atoms with Crippen LogP contribution in [0.1, 0.15) is 33.6 Å². The molecule has 3 atom stereocenters. The van der Waals surface area contributed by atoms with Crippen molar-refractivity contribution < 1.29 is 23.1 Å². The van der Waals surface area contributed by atoms with Crippen LogP contribution in [0.25, 0.3) is 10.4 Å². The van der Waals surface area contributed by atoms with Gasteiger partial charge in [-0.15, -0.1) is 5.10 Å². The van der Waals surface area contributed by atoms with E-state index in [1.807, 2.05) is 0 Å². The molecule has 2 saturated heterocycles. The second-order valence-corrected chi connectivity index (χ2v) is 9.86. The molecule has 0 radical (unpaired) electrons. The predicted molar refractivity (Wildman–Crippen MR) is 97.5 cm³/mol. The minimum absolute atomic E-state index is 0.154. The molecule has 2 aliphatic rings. The van der Waals surface area contributed by atoms with Crippen LogP contribution in [0, 0.1) is 5.92 Å². The zero-order chi connectivity index (χ0) is 21.1. The van der Waals surface area contributed by atoms with Gasteiger partial charge in [0.25, 0.3) is 0 Å². The van der Waals surface area contributed by atoms with Gasteiger partial charge in [-0.25, -0.2) is 13.2 Å². The first-order chi connectivity index (χ1) is 13.1. The smallest absolute Gasteiger partial charge is 0.328 e. The summed E-state index contributed by atoms with van der Waals surface area (Å²) in [4.78, 5) is 26.6. The minimum atomic E-state index is -3.80. The number of carboxylic acids is 1. The van der Waals surface area contributed by atoms with Crippen LogP contribution in [-0.4, -0.2) is 68.0 Å². The molecule has 12 nitrogen and oxygen atoms in total. The molecule has 0 saturated carbocycles. The molecule has 3 rings (SSSR count). The van der Waals surface area contributed by atoms with E-state index in [1.54, 1.807) is 0 Å². The lowest BCUT2D eigenvalue weighted by Gasteiger charge is -2.35. The van der Waals surface area contributed by atoms with E-state index < -0.39 is 37.9 Å². The molecular formula is C15H23N7O5S. The number of amides is 1. The Hall–Kier alpha value is -2.66. The summed E-state index contributed by atoms with van der Waals surface area (Å²) >= 11 is 0. The van der Waals surface area contributed by atoms with Crippen molar-refractivity contribution >= 4 is 21.7 Å². The number of azide groups is 1. The van der Waals surface area contributed by atoms with Crippen molar-refractivity contribution in [2.75, 3.05) is 6.54 Å². The number of fused-ring (bicyclic) bond motifs is 1. The summed E-state index contributed by atoms with van der Waals surface area (Å²) in [6.45, 7) is 6.02. The summed E-state index contributed by atoms with van der Waals surface area (Å²) < 4.78 is 24.7. The molecular weight excluding hydrogens is 390 g/mol. The molecule has 0 aromatic carbocycles. The highest BCUT2D eigenvalue weighted by Gasteiger charge is 2.70. The number of carbonyl (C=O) groups is 2. The van der Waals surface area contributed by atoms with Gasteiger partial charge >= 0.3 is 5.97 Å². The topological polar surface area (TPSA) is 171 Å². The second kappa shape index (κ2) is 8.15. The van der Waals surface area contributed by atoms with E-state index in [-0.39, 0.29) is 13.0 Å². The van der Waals surface area contributed by atoms with Gasteiger partial charge in [-0.05, 0) is 24.8 Å². The zero-order valence-corrected chi connectivity index (χ0v) is 16.7. The number of carboxylic acid groups (broad SMARTS) is 1. The van der Waals surface area contributed by atoms with Crippen molar-refractivity contribution in [2.24, 2.45) is 11.0 Å². The third-order valence-corrected chi connectivity index (χ3v) is 7.63. The third-order valence-electron chi connectivity index (χ3n) is 4.86. The first-order valence-electron chi connectivity index (χ1n) is 8.68. The van der Waals surface area contributed by atoms with E-state index >= 15 is 0 Å². The molecule has 154 valence electrons. The Morgan fingerprint density at radius 1 is 1.54 bits per heavy atom. The zero-order valence-electron chi connectivity index (χ0n) is 15.8. The Morgan fingerprint density at radius 3 is 2.68 bits per heavy atom. The fraction of sp³-hybridized carbons (Fsp3) is 0.733. The van der Waals surface area contributed by atoms with Gasteiger partial charge in [0.2, 0.25) is 5.91 Å². The van der Waals surface area contributed by atoms with E-state index in [1.165, 1.54) is 24.0 Å². The lowest BCUT2D eigenvalue weighted by atomic mass is 9.96. The van der Waals surface area contributed by atoms with Crippen LogP contribution in [-0.2, 0) is 26.0 Å². The van der Waals surface area contributed by atoms with Crippen LogP contribution in [0.2, 0.25) is 0 Å². The van der Waals surface area contributed by atoms with Gasteiger partial charge < -0.3 is 10.0 Å². The van der Waals surface area contributed by atoms with E-state index in [9.17, 15) is 23.1 Å². The highest BCUT2D eigenvalue weighted by molar-refractivity contribution is 7.93. The SMILES string of the molecule is CC(C)CCN=[N+]=[N-].C[C@]1(Cn2ccnn2)[C@H](C(=O)O)N2C(=O)C[C@H]2S1(=O)=O. The summed E-state index contributed by atoms with van der Waals surface area (Å²) in [6, 6.07) is -1.40. The Bertz CT molecular complexity index is 879. The molecule has 0 aliphatic carbocycles. The normalized spacial score (nSPS) is 27.3. The van der Waals surface area contributed by atoms with Crippen molar-refractivity contribution in [3.63, 3.8) is 0 Å². The van der Waals surface area contributed by atoms with Gasteiger partial charge in [0, 0.05) is 17.7 Å². The number of rotatable bonds is 6.